The molecule has 4 heteroatoms. The van der Waals surface area contributed by atoms with Crippen molar-refractivity contribution in [2.75, 3.05) is 12.8 Å². The van der Waals surface area contributed by atoms with E-state index in [4.69, 9.17) is 10.5 Å². The number of nitrogen functional groups attached to an aromatic ring is 1. The van der Waals surface area contributed by atoms with E-state index in [9.17, 15) is 0 Å². The van der Waals surface area contributed by atoms with E-state index in [0.717, 1.165) is 16.8 Å². The molecule has 1 heterocycles. The Labute approximate surface area is 94.6 Å². The van der Waals surface area contributed by atoms with Gasteiger partial charge in [-0.25, -0.2) is 0 Å². The van der Waals surface area contributed by atoms with Gasteiger partial charge in [0.25, 0.3) is 0 Å². The van der Waals surface area contributed by atoms with Crippen LogP contribution in [0.25, 0.3) is 11.1 Å². The Morgan fingerprint density at radius 2 is 2.12 bits per heavy atom. The molecule has 0 fully saturated rings. The smallest absolute Gasteiger partial charge is 0.141 e. The Hall–Kier alpha value is -1.97. The minimum atomic E-state index is 0.642. The van der Waals surface area contributed by atoms with E-state index >= 15 is 0 Å². The number of nitrogens with two attached hydrogens (primary N) is 1. The maximum absolute atomic E-state index is 5.87. The lowest BCUT2D eigenvalue weighted by Gasteiger charge is -2.06. The Bertz CT molecular complexity index is 517. The molecule has 0 atom stereocenters. The first-order chi connectivity index (χ1) is 7.63. The van der Waals surface area contributed by atoms with Crippen molar-refractivity contribution in [1.82, 2.24) is 9.78 Å². The van der Waals surface area contributed by atoms with Crippen LogP contribution in [0.3, 0.4) is 0 Å². The maximum atomic E-state index is 5.87. The van der Waals surface area contributed by atoms with Crippen LogP contribution in [0.2, 0.25) is 0 Å². The van der Waals surface area contributed by atoms with Crippen molar-refractivity contribution in [2.24, 2.45) is 7.05 Å². The molecule has 1 aromatic heterocycles. The molecule has 1 aromatic carbocycles. The van der Waals surface area contributed by atoms with Gasteiger partial charge in [-0.1, -0.05) is 6.07 Å². The van der Waals surface area contributed by atoms with E-state index in [0.29, 0.717) is 11.4 Å². The molecule has 0 bridgehead atoms. The second kappa shape index (κ2) is 3.89. The molecule has 0 saturated heterocycles. The van der Waals surface area contributed by atoms with Gasteiger partial charge in [0.2, 0.25) is 0 Å². The number of aryl methyl sites for hydroxylation is 1. The average molecular weight is 217 g/mol. The highest BCUT2D eigenvalue weighted by Gasteiger charge is 2.08. The van der Waals surface area contributed by atoms with Gasteiger partial charge >= 0.3 is 0 Å². The van der Waals surface area contributed by atoms with Gasteiger partial charge in [-0.05, 0) is 24.6 Å². The van der Waals surface area contributed by atoms with Gasteiger partial charge < -0.3 is 10.5 Å². The van der Waals surface area contributed by atoms with E-state index in [2.05, 4.69) is 5.10 Å². The summed E-state index contributed by atoms with van der Waals surface area (Å²) < 4.78 is 6.97. The predicted molar refractivity (Wildman–Crippen MR) is 64.3 cm³/mol. The van der Waals surface area contributed by atoms with Crippen LogP contribution in [0.4, 0.5) is 5.69 Å². The van der Waals surface area contributed by atoms with Crippen LogP contribution >= 0.6 is 0 Å². The highest BCUT2D eigenvalue weighted by atomic mass is 16.5. The van der Waals surface area contributed by atoms with E-state index in [1.165, 1.54) is 0 Å². The molecular formula is C12H15N3O. The molecule has 84 valence electrons. The van der Waals surface area contributed by atoms with Crippen LogP contribution in [0.1, 0.15) is 5.69 Å². The summed E-state index contributed by atoms with van der Waals surface area (Å²) >= 11 is 0. The average Bonchev–Trinajstić information content (AvgIpc) is 2.60. The Balaban J connectivity index is 2.49. The molecule has 2 rings (SSSR count). The van der Waals surface area contributed by atoms with Gasteiger partial charge in [0.15, 0.2) is 0 Å². The third kappa shape index (κ3) is 1.62. The fourth-order valence-electron chi connectivity index (χ4n) is 1.68. The largest absolute Gasteiger partial charge is 0.495 e. The number of ether oxygens (including phenoxy) is 1. The number of benzene rings is 1. The number of methoxy groups -OCH3 is 1. The number of nitrogens with zero attached hydrogens (tertiary/aromatic N) is 2. The molecular weight excluding hydrogens is 202 g/mol. The zero-order chi connectivity index (χ0) is 11.7. The molecule has 2 N–H and O–H groups in total. The Morgan fingerprint density at radius 3 is 2.62 bits per heavy atom. The van der Waals surface area contributed by atoms with Crippen LogP contribution in [0, 0.1) is 6.92 Å². The first-order valence-corrected chi connectivity index (χ1v) is 5.06. The maximum Gasteiger partial charge on any atom is 0.141 e. The summed E-state index contributed by atoms with van der Waals surface area (Å²) in [5.41, 5.74) is 9.78. The fourth-order valence-corrected chi connectivity index (χ4v) is 1.68. The number of aromatic nitrogens is 2. The molecule has 0 saturated carbocycles. The molecule has 0 aliphatic carbocycles. The quantitative estimate of drug-likeness (QED) is 0.783. The second-order valence-electron chi connectivity index (χ2n) is 3.72. The number of hydrogen-bond acceptors (Lipinski definition) is 3. The molecule has 0 aliphatic heterocycles. The minimum Gasteiger partial charge on any atom is -0.495 e. The van der Waals surface area contributed by atoms with E-state index < -0.39 is 0 Å². The topological polar surface area (TPSA) is 53.1 Å². The van der Waals surface area contributed by atoms with Crippen LogP contribution in [0.15, 0.2) is 24.4 Å². The summed E-state index contributed by atoms with van der Waals surface area (Å²) in [6.45, 7) is 2.03. The van der Waals surface area contributed by atoms with Crippen molar-refractivity contribution < 1.29 is 4.74 Å². The molecule has 0 aliphatic rings. The van der Waals surface area contributed by atoms with Gasteiger partial charge in [0.1, 0.15) is 5.75 Å². The summed E-state index contributed by atoms with van der Waals surface area (Å²) in [4.78, 5) is 0. The summed E-state index contributed by atoms with van der Waals surface area (Å²) in [7, 11) is 3.53. The zero-order valence-electron chi connectivity index (χ0n) is 9.69. The highest BCUT2D eigenvalue weighted by Crippen LogP contribution is 2.29. The monoisotopic (exact) mass is 217 g/mol. The van der Waals surface area contributed by atoms with Gasteiger partial charge in [-0.15, -0.1) is 0 Å². The van der Waals surface area contributed by atoms with E-state index in [1.54, 1.807) is 7.11 Å². The first kappa shape index (κ1) is 10.5. The summed E-state index contributed by atoms with van der Waals surface area (Å²) in [6, 6.07) is 5.76. The van der Waals surface area contributed by atoms with Crippen molar-refractivity contribution in [3.8, 4) is 16.9 Å². The van der Waals surface area contributed by atoms with Crippen molar-refractivity contribution in [1.29, 1.82) is 0 Å². The Kier molecular flexibility index (Phi) is 2.56. The normalized spacial score (nSPS) is 10.4. The van der Waals surface area contributed by atoms with Crippen molar-refractivity contribution >= 4 is 5.69 Å². The van der Waals surface area contributed by atoms with Gasteiger partial charge in [0.05, 0.1) is 19.0 Å². The van der Waals surface area contributed by atoms with Gasteiger partial charge in [-0.3, -0.25) is 4.68 Å². The third-order valence-electron chi connectivity index (χ3n) is 2.78. The summed E-state index contributed by atoms with van der Waals surface area (Å²) in [5.74, 6) is 0.699. The molecule has 0 radical (unpaired) electrons. The summed E-state index contributed by atoms with van der Waals surface area (Å²) in [5, 5.41) is 4.21. The SMILES string of the molecule is COc1ccc(-c2cnn(C)c2C)cc1N. The van der Waals surface area contributed by atoms with Crippen LogP contribution in [0.5, 0.6) is 5.75 Å². The summed E-state index contributed by atoms with van der Waals surface area (Å²) in [6.07, 6.45) is 1.84. The van der Waals surface area contributed by atoms with Crippen LogP contribution < -0.4 is 10.5 Å². The number of hydrogen-bond donors (Lipinski definition) is 1. The zero-order valence-corrected chi connectivity index (χ0v) is 9.69. The lowest BCUT2D eigenvalue weighted by Crippen LogP contribution is -1.94. The van der Waals surface area contributed by atoms with Crippen molar-refractivity contribution in [3.63, 3.8) is 0 Å². The molecule has 0 unspecified atom stereocenters. The molecule has 4 nitrogen and oxygen atoms in total. The highest BCUT2D eigenvalue weighted by molar-refractivity contribution is 5.71. The van der Waals surface area contributed by atoms with Gasteiger partial charge in [0, 0.05) is 18.3 Å². The number of anilines is 1. The lowest BCUT2D eigenvalue weighted by molar-refractivity contribution is 0.417. The predicted octanol–water partition coefficient (Wildman–Crippen LogP) is 1.99. The third-order valence-corrected chi connectivity index (χ3v) is 2.78. The molecule has 2 aromatic rings. The van der Waals surface area contributed by atoms with E-state index in [1.807, 2.05) is 43.0 Å². The molecule has 0 amide bonds. The van der Waals surface area contributed by atoms with E-state index in [-0.39, 0.29) is 0 Å². The van der Waals surface area contributed by atoms with Crippen LogP contribution in [-0.2, 0) is 7.05 Å². The fraction of sp³-hybridized carbons (Fsp3) is 0.250. The molecule has 0 spiro atoms. The Morgan fingerprint density at radius 1 is 1.38 bits per heavy atom. The van der Waals surface area contributed by atoms with Gasteiger partial charge in [-0.2, -0.15) is 5.10 Å². The lowest BCUT2D eigenvalue weighted by atomic mass is 10.1. The van der Waals surface area contributed by atoms with Crippen molar-refractivity contribution in [3.05, 3.63) is 30.1 Å². The van der Waals surface area contributed by atoms with Crippen molar-refractivity contribution in [2.45, 2.75) is 6.92 Å². The standard InChI is InChI=1S/C12H15N3O/c1-8-10(7-14-15(8)2)9-4-5-12(16-3)11(13)6-9/h4-7H,13H2,1-3H3. The van der Waals surface area contributed by atoms with Crippen LogP contribution in [-0.4, -0.2) is 16.9 Å². The first-order valence-electron chi connectivity index (χ1n) is 5.06. The molecule has 16 heavy (non-hydrogen) atoms. The second-order valence-corrected chi connectivity index (χ2v) is 3.72. The number of rotatable bonds is 2. The minimum absolute atomic E-state index is 0.642.